The molecule has 9 nitrogen and oxygen atoms in total. The zero-order chi connectivity index (χ0) is 25.6. The number of anilines is 1. The number of hydrogen-bond donors (Lipinski definition) is 1. The average Bonchev–Trinajstić information content (AvgIpc) is 2.89. The van der Waals surface area contributed by atoms with Gasteiger partial charge in [0, 0.05) is 102 Å². The first-order valence-corrected chi connectivity index (χ1v) is 13.4. The van der Waals surface area contributed by atoms with Gasteiger partial charge in [-0.25, -0.2) is 4.79 Å². The summed E-state index contributed by atoms with van der Waals surface area (Å²) in [7, 11) is 2.15. The maximum Gasteiger partial charge on any atom is 0.321 e. The Kier molecular flexibility index (Phi) is 8.21. The third-order valence-electron chi connectivity index (χ3n) is 7.77. The minimum atomic E-state index is -0.0847. The molecule has 0 radical (unpaired) electrons. The molecule has 2 aromatic rings. The van der Waals surface area contributed by atoms with Gasteiger partial charge in [-0.1, -0.05) is 6.07 Å². The van der Waals surface area contributed by atoms with Crippen LogP contribution in [0.1, 0.15) is 30.7 Å². The Morgan fingerprint density at radius 1 is 0.973 bits per heavy atom. The van der Waals surface area contributed by atoms with Crippen LogP contribution in [-0.4, -0.2) is 109 Å². The third kappa shape index (κ3) is 6.78. The number of carbonyl (C=O) groups is 2. The number of piperazine rings is 1. The van der Waals surface area contributed by atoms with Crippen molar-refractivity contribution in [3.8, 4) is 5.75 Å². The maximum absolute atomic E-state index is 12.7. The Balaban J connectivity index is 0.995. The zero-order valence-corrected chi connectivity index (χ0v) is 21.7. The summed E-state index contributed by atoms with van der Waals surface area (Å²) in [6, 6.07) is 11.5. The number of piperidine rings is 1. The summed E-state index contributed by atoms with van der Waals surface area (Å²) < 4.78 is 6.17. The van der Waals surface area contributed by atoms with Gasteiger partial charge < -0.3 is 29.7 Å². The van der Waals surface area contributed by atoms with E-state index in [1.54, 1.807) is 6.20 Å². The molecule has 3 fully saturated rings. The van der Waals surface area contributed by atoms with Crippen LogP contribution in [0.15, 0.2) is 48.8 Å². The summed E-state index contributed by atoms with van der Waals surface area (Å²) in [6.07, 6.45) is 6.02. The van der Waals surface area contributed by atoms with E-state index in [9.17, 15) is 9.59 Å². The van der Waals surface area contributed by atoms with Gasteiger partial charge in [0.1, 0.15) is 11.9 Å². The highest BCUT2D eigenvalue weighted by Crippen LogP contribution is 2.27. The Morgan fingerprint density at radius 2 is 1.70 bits per heavy atom. The molecular weight excluding hydrogens is 468 g/mol. The number of nitrogens with one attached hydrogen (secondary N) is 1. The van der Waals surface area contributed by atoms with E-state index in [0.29, 0.717) is 25.4 Å². The number of carbonyl (C=O) groups excluding carboxylic acids is 2. The van der Waals surface area contributed by atoms with Gasteiger partial charge in [-0.3, -0.25) is 9.78 Å². The minimum Gasteiger partial charge on any atom is -0.490 e. The number of ether oxygens (including phenoxy) is 1. The first-order chi connectivity index (χ1) is 18.0. The lowest BCUT2D eigenvalue weighted by Gasteiger charge is -2.39. The number of likely N-dealkylation sites (tertiary alicyclic amines) is 2. The van der Waals surface area contributed by atoms with Crippen LogP contribution in [0.5, 0.6) is 5.75 Å². The van der Waals surface area contributed by atoms with Crippen LogP contribution in [0.25, 0.3) is 0 Å². The fraction of sp³-hybridized carbons (Fsp3) is 0.536. The smallest absolute Gasteiger partial charge is 0.321 e. The topological polar surface area (TPSA) is 81.2 Å². The van der Waals surface area contributed by atoms with Crippen molar-refractivity contribution in [2.45, 2.75) is 31.3 Å². The highest BCUT2D eigenvalue weighted by molar-refractivity contribution is 5.90. The number of amides is 3. The molecule has 0 atom stereocenters. The first-order valence-electron chi connectivity index (χ1n) is 13.4. The third-order valence-corrected chi connectivity index (χ3v) is 7.77. The monoisotopic (exact) mass is 506 g/mol. The predicted octanol–water partition coefficient (Wildman–Crippen LogP) is 2.72. The second-order valence-electron chi connectivity index (χ2n) is 10.4. The van der Waals surface area contributed by atoms with E-state index in [0.717, 1.165) is 70.1 Å². The van der Waals surface area contributed by atoms with Crippen molar-refractivity contribution in [3.05, 3.63) is 54.4 Å². The molecule has 37 heavy (non-hydrogen) atoms. The maximum atomic E-state index is 12.7. The summed E-state index contributed by atoms with van der Waals surface area (Å²) in [6.45, 7) is 8.01. The molecule has 0 saturated carbocycles. The van der Waals surface area contributed by atoms with Crippen molar-refractivity contribution in [3.63, 3.8) is 0 Å². The lowest BCUT2D eigenvalue weighted by molar-refractivity contribution is -0.133. The van der Waals surface area contributed by atoms with E-state index in [4.69, 9.17) is 4.74 Å². The van der Waals surface area contributed by atoms with Crippen molar-refractivity contribution >= 4 is 17.6 Å². The number of hydrogen-bond acceptors (Lipinski definition) is 6. The number of benzene rings is 1. The summed E-state index contributed by atoms with van der Waals surface area (Å²) >= 11 is 0. The van der Waals surface area contributed by atoms with E-state index in [2.05, 4.69) is 33.2 Å². The zero-order valence-electron chi connectivity index (χ0n) is 21.7. The number of nitrogens with zero attached hydrogens (tertiary/aromatic N) is 5. The molecule has 198 valence electrons. The highest BCUT2D eigenvalue weighted by atomic mass is 16.5. The second-order valence-corrected chi connectivity index (χ2v) is 10.4. The molecule has 0 aliphatic carbocycles. The predicted molar refractivity (Wildman–Crippen MR) is 143 cm³/mol. The van der Waals surface area contributed by atoms with Crippen molar-refractivity contribution in [1.29, 1.82) is 0 Å². The van der Waals surface area contributed by atoms with Crippen molar-refractivity contribution in [1.82, 2.24) is 24.6 Å². The Bertz CT molecular complexity index is 1030. The Labute approximate surface area is 219 Å². The minimum absolute atomic E-state index is 0.0847. The van der Waals surface area contributed by atoms with Gasteiger partial charge in [-0.15, -0.1) is 0 Å². The highest BCUT2D eigenvalue weighted by Gasteiger charge is 2.32. The summed E-state index contributed by atoms with van der Waals surface area (Å²) in [5.74, 6) is 1.40. The van der Waals surface area contributed by atoms with Crippen LogP contribution in [0.3, 0.4) is 0 Å². The molecule has 3 amide bonds. The molecule has 3 aliphatic rings. The number of urea groups is 1. The van der Waals surface area contributed by atoms with E-state index < -0.39 is 0 Å². The van der Waals surface area contributed by atoms with Crippen LogP contribution >= 0.6 is 0 Å². The molecule has 0 bridgehead atoms. The molecule has 3 saturated heterocycles. The Hall–Kier alpha value is -3.17. The van der Waals surface area contributed by atoms with Gasteiger partial charge in [0.2, 0.25) is 5.91 Å². The molecule has 0 unspecified atom stereocenters. The van der Waals surface area contributed by atoms with Gasteiger partial charge in [-0.05, 0) is 42.9 Å². The summed E-state index contributed by atoms with van der Waals surface area (Å²) in [4.78, 5) is 37.9. The largest absolute Gasteiger partial charge is 0.490 e. The number of aromatic nitrogens is 1. The van der Waals surface area contributed by atoms with Crippen LogP contribution in [0.4, 0.5) is 10.5 Å². The summed E-state index contributed by atoms with van der Waals surface area (Å²) in [5, 5.41) is 2.97. The van der Waals surface area contributed by atoms with Crippen molar-refractivity contribution in [2.24, 2.45) is 0 Å². The molecule has 3 aliphatic heterocycles. The van der Waals surface area contributed by atoms with Gasteiger partial charge in [0.05, 0.1) is 0 Å². The van der Waals surface area contributed by atoms with Gasteiger partial charge in [-0.2, -0.15) is 0 Å². The molecule has 1 aromatic carbocycles. The van der Waals surface area contributed by atoms with Gasteiger partial charge in [0.15, 0.2) is 0 Å². The normalized spacial score (nSPS) is 19.9. The number of rotatable bonds is 7. The lowest BCUT2D eigenvalue weighted by Crippen LogP contribution is -2.50. The van der Waals surface area contributed by atoms with Crippen LogP contribution in [0, 0.1) is 0 Å². The quantitative estimate of drug-likeness (QED) is 0.622. The molecule has 0 spiro atoms. The SMILES string of the molecule is CN1CCN(CCC(=O)N2CCC(Oc3ccc(NC(=O)N4CC(c5cccnc5)C4)cc3)CC2)CC1. The first kappa shape index (κ1) is 25.5. The molecule has 9 heteroatoms. The van der Waals surface area contributed by atoms with E-state index in [1.807, 2.05) is 46.3 Å². The molecule has 1 N–H and O–H groups in total. The van der Waals surface area contributed by atoms with E-state index >= 15 is 0 Å². The van der Waals surface area contributed by atoms with Gasteiger partial charge in [0.25, 0.3) is 0 Å². The molecule has 1 aromatic heterocycles. The number of likely N-dealkylation sites (N-methyl/N-ethyl adjacent to an activating group) is 1. The van der Waals surface area contributed by atoms with Crippen LogP contribution in [-0.2, 0) is 4.79 Å². The molecule has 5 rings (SSSR count). The van der Waals surface area contributed by atoms with Gasteiger partial charge >= 0.3 is 6.03 Å². The fourth-order valence-electron chi connectivity index (χ4n) is 5.19. The lowest BCUT2D eigenvalue weighted by atomic mass is 9.93. The second kappa shape index (κ2) is 11.9. The van der Waals surface area contributed by atoms with Crippen molar-refractivity contribution in [2.75, 3.05) is 71.3 Å². The summed E-state index contributed by atoms with van der Waals surface area (Å²) in [5.41, 5.74) is 1.93. The molecule has 4 heterocycles. The fourth-order valence-corrected chi connectivity index (χ4v) is 5.19. The van der Waals surface area contributed by atoms with E-state index in [1.165, 1.54) is 5.56 Å². The van der Waals surface area contributed by atoms with Crippen LogP contribution in [0.2, 0.25) is 0 Å². The van der Waals surface area contributed by atoms with Crippen molar-refractivity contribution < 1.29 is 14.3 Å². The van der Waals surface area contributed by atoms with Crippen LogP contribution < -0.4 is 10.1 Å². The Morgan fingerprint density at radius 3 is 2.38 bits per heavy atom. The number of pyridine rings is 1. The standard InChI is InChI=1S/C28H38N6O3/c1-31-15-17-32(18-16-31)12-10-27(35)33-13-8-26(9-14-33)37-25-6-4-24(5-7-25)30-28(36)34-20-23(21-34)22-3-2-11-29-19-22/h2-7,11,19,23,26H,8-10,12-18,20-21H2,1H3,(H,30,36). The molecular formula is C28H38N6O3. The average molecular weight is 507 g/mol. The van der Waals surface area contributed by atoms with E-state index in [-0.39, 0.29) is 18.0 Å².